The van der Waals surface area contributed by atoms with Crippen LogP contribution in [0.15, 0.2) is 48.5 Å². The second kappa shape index (κ2) is 8.02. The average Bonchev–Trinajstić information content (AvgIpc) is 2.99. The predicted molar refractivity (Wildman–Crippen MR) is 105 cm³/mol. The van der Waals surface area contributed by atoms with Crippen LogP contribution in [0.1, 0.15) is 37.3 Å². The highest BCUT2D eigenvalue weighted by atomic mass is 16.5. The molecule has 2 N–H and O–H groups in total. The number of aliphatic carboxylic acids is 1. The zero-order chi connectivity index (χ0) is 20.3. The smallest absolute Gasteiger partial charge is 0.407 e. The van der Waals surface area contributed by atoms with Crippen LogP contribution in [0, 0.1) is 0 Å². The van der Waals surface area contributed by atoms with Crippen LogP contribution in [-0.4, -0.2) is 42.5 Å². The van der Waals surface area contributed by atoms with Crippen LogP contribution < -0.4 is 5.32 Å². The third kappa shape index (κ3) is 4.17. The van der Waals surface area contributed by atoms with Gasteiger partial charge in [0.1, 0.15) is 12.6 Å². The van der Waals surface area contributed by atoms with E-state index in [4.69, 9.17) is 9.47 Å². The van der Waals surface area contributed by atoms with Gasteiger partial charge in [-0.2, -0.15) is 0 Å². The molecule has 0 heterocycles. The summed E-state index contributed by atoms with van der Waals surface area (Å²) < 4.78 is 10.7. The first-order chi connectivity index (χ1) is 13.3. The number of alkyl carbamates (subject to hydrolysis) is 1. The van der Waals surface area contributed by atoms with Crippen LogP contribution >= 0.6 is 0 Å². The zero-order valence-corrected chi connectivity index (χ0v) is 16.3. The van der Waals surface area contributed by atoms with Gasteiger partial charge in [0.2, 0.25) is 0 Å². The average molecular weight is 383 g/mol. The Morgan fingerprint density at radius 3 is 2.11 bits per heavy atom. The molecule has 0 saturated heterocycles. The molecule has 0 aliphatic heterocycles. The molecular formula is C22H25NO5. The summed E-state index contributed by atoms with van der Waals surface area (Å²) in [5.74, 6) is -1.20. The van der Waals surface area contributed by atoms with Crippen molar-refractivity contribution in [3.8, 4) is 11.1 Å². The van der Waals surface area contributed by atoms with Crippen molar-refractivity contribution < 1.29 is 24.2 Å². The van der Waals surface area contributed by atoms with E-state index in [1.54, 1.807) is 13.8 Å². The molecule has 1 aliphatic rings. The lowest BCUT2D eigenvalue weighted by Gasteiger charge is -2.26. The number of fused-ring (bicyclic) bond motifs is 3. The molecule has 6 heteroatoms. The highest BCUT2D eigenvalue weighted by molar-refractivity contribution is 5.81. The number of carboxylic acid groups (broad SMARTS) is 1. The van der Waals surface area contributed by atoms with Gasteiger partial charge in [0, 0.05) is 19.4 Å². The quantitative estimate of drug-likeness (QED) is 0.760. The molecule has 2 aromatic rings. The van der Waals surface area contributed by atoms with Crippen LogP contribution in [0.4, 0.5) is 4.79 Å². The number of carbonyl (C=O) groups is 2. The molecule has 1 aliphatic carbocycles. The Hall–Kier alpha value is -2.86. The van der Waals surface area contributed by atoms with E-state index in [9.17, 15) is 14.7 Å². The first-order valence-corrected chi connectivity index (χ1v) is 9.22. The highest BCUT2D eigenvalue weighted by Crippen LogP contribution is 2.44. The standard InChI is InChI=1S/C22H25NO5/c1-22(2,27-3)12-19(20(24)25)23-21(26)28-13-18-16-10-6-4-8-14(16)15-9-5-7-11-17(15)18/h4-11,18-19H,12-13H2,1-3H3,(H,23,26)(H,24,25)/t19-/m0/s1. The van der Waals surface area contributed by atoms with Crippen LogP contribution in [0.5, 0.6) is 0 Å². The van der Waals surface area contributed by atoms with Crippen molar-refractivity contribution in [2.24, 2.45) is 0 Å². The maximum Gasteiger partial charge on any atom is 0.407 e. The zero-order valence-electron chi connectivity index (χ0n) is 16.3. The molecule has 148 valence electrons. The second-order valence-corrected chi connectivity index (χ2v) is 7.53. The molecule has 28 heavy (non-hydrogen) atoms. The van der Waals surface area contributed by atoms with Crippen LogP contribution in [0.3, 0.4) is 0 Å². The van der Waals surface area contributed by atoms with E-state index in [-0.39, 0.29) is 18.9 Å². The molecule has 6 nitrogen and oxygen atoms in total. The van der Waals surface area contributed by atoms with Crippen molar-refractivity contribution in [1.29, 1.82) is 0 Å². The Kier molecular flexibility index (Phi) is 5.70. The predicted octanol–water partition coefficient (Wildman–Crippen LogP) is 3.79. The first kappa shape index (κ1) is 19.9. The first-order valence-electron chi connectivity index (χ1n) is 9.22. The molecular weight excluding hydrogens is 358 g/mol. The summed E-state index contributed by atoms with van der Waals surface area (Å²) in [5, 5.41) is 11.8. The molecule has 3 rings (SSSR count). The fraction of sp³-hybridized carbons (Fsp3) is 0.364. The third-order valence-corrected chi connectivity index (χ3v) is 5.18. The van der Waals surface area contributed by atoms with E-state index in [0.29, 0.717) is 0 Å². The largest absolute Gasteiger partial charge is 0.480 e. The molecule has 0 spiro atoms. The SMILES string of the molecule is COC(C)(C)C[C@H](NC(=O)OCC1c2ccccc2-c2ccccc21)C(=O)O. The highest BCUT2D eigenvalue weighted by Gasteiger charge is 2.31. The number of carbonyl (C=O) groups excluding carboxylic acids is 1. The number of carboxylic acids is 1. The molecule has 0 saturated carbocycles. The fourth-order valence-corrected chi connectivity index (χ4v) is 3.56. The number of benzene rings is 2. The van der Waals surface area contributed by atoms with Gasteiger partial charge in [-0.15, -0.1) is 0 Å². The van der Waals surface area contributed by atoms with Crippen molar-refractivity contribution in [3.63, 3.8) is 0 Å². The fourth-order valence-electron chi connectivity index (χ4n) is 3.56. The van der Waals surface area contributed by atoms with E-state index in [2.05, 4.69) is 17.4 Å². The van der Waals surface area contributed by atoms with Crippen molar-refractivity contribution in [1.82, 2.24) is 5.32 Å². The van der Waals surface area contributed by atoms with Gasteiger partial charge in [-0.25, -0.2) is 9.59 Å². The minimum absolute atomic E-state index is 0.0724. The lowest BCUT2D eigenvalue weighted by molar-refractivity contribution is -0.141. The van der Waals surface area contributed by atoms with E-state index in [1.165, 1.54) is 7.11 Å². The van der Waals surface area contributed by atoms with Gasteiger partial charge in [0.25, 0.3) is 0 Å². The molecule has 1 amide bonds. The van der Waals surface area contributed by atoms with E-state index >= 15 is 0 Å². The number of rotatable bonds is 7. The Bertz CT molecular complexity index is 831. The Labute approximate surface area is 164 Å². The lowest BCUT2D eigenvalue weighted by Crippen LogP contribution is -2.46. The summed E-state index contributed by atoms with van der Waals surface area (Å²) in [6.07, 6.45) is -0.621. The summed E-state index contributed by atoms with van der Waals surface area (Å²) in [7, 11) is 1.51. The topological polar surface area (TPSA) is 84.9 Å². The number of hydrogen-bond acceptors (Lipinski definition) is 4. The maximum atomic E-state index is 12.3. The number of methoxy groups -OCH3 is 1. The van der Waals surface area contributed by atoms with Crippen LogP contribution in [-0.2, 0) is 14.3 Å². The minimum atomic E-state index is -1.13. The maximum absolute atomic E-state index is 12.3. The number of hydrogen-bond donors (Lipinski definition) is 2. The van der Waals surface area contributed by atoms with Crippen molar-refractivity contribution in [2.45, 2.75) is 37.8 Å². The molecule has 0 fully saturated rings. The summed E-state index contributed by atoms with van der Waals surface area (Å²) in [4.78, 5) is 23.8. The number of nitrogens with one attached hydrogen (secondary N) is 1. The van der Waals surface area contributed by atoms with E-state index < -0.39 is 23.7 Å². The molecule has 0 unspecified atom stereocenters. The third-order valence-electron chi connectivity index (χ3n) is 5.18. The van der Waals surface area contributed by atoms with Gasteiger partial charge in [0.05, 0.1) is 5.60 Å². The molecule has 1 atom stereocenters. The normalized spacial score (nSPS) is 14.1. The van der Waals surface area contributed by atoms with Gasteiger partial charge < -0.3 is 19.9 Å². The van der Waals surface area contributed by atoms with E-state index in [0.717, 1.165) is 22.3 Å². The monoisotopic (exact) mass is 383 g/mol. The molecule has 0 bridgehead atoms. The van der Waals surface area contributed by atoms with Crippen molar-refractivity contribution in [3.05, 3.63) is 59.7 Å². The Balaban J connectivity index is 1.68. The van der Waals surface area contributed by atoms with Gasteiger partial charge in [-0.1, -0.05) is 48.5 Å². The number of ether oxygens (including phenoxy) is 2. The number of amides is 1. The van der Waals surface area contributed by atoms with Crippen LogP contribution in [0.2, 0.25) is 0 Å². The van der Waals surface area contributed by atoms with Crippen LogP contribution in [0.25, 0.3) is 11.1 Å². The summed E-state index contributed by atoms with van der Waals surface area (Å²) in [6, 6.07) is 15.0. The molecule has 0 radical (unpaired) electrons. The summed E-state index contributed by atoms with van der Waals surface area (Å²) in [5.41, 5.74) is 3.80. The van der Waals surface area contributed by atoms with Crippen molar-refractivity contribution in [2.75, 3.05) is 13.7 Å². The minimum Gasteiger partial charge on any atom is -0.480 e. The summed E-state index contributed by atoms with van der Waals surface area (Å²) in [6.45, 7) is 3.67. The summed E-state index contributed by atoms with van der Waals surface area (Å²) >= 11 is 0. The van der Waals surface area contributed by atoms with Crippen molar-refractivity contribution >= 4 is 12.1 Å². The molecule has 2 aromatic carbocycles. The Morgan fingerprint density at radius 1 is 1.07 bits per heavy atom. The van der Waals surface area contributed by atoms with Gasteiger partial charge in [-0.3, -0.25) is 0 Å². The Morgan fingerprint density at radius 2 is 1.61 bits per heavy atom. The van der Waals surface area contributed by atoms with E-state index in [1.807, 2.05) is 36.4 Å². The lowest BCUT2D eigenvalue weighted by atomic mass is 9.98. The van der Waals surface area contributed by atoms with Gasteiger partial charge in [0.15, 0.2) is 0 Å². The van der Waals surface area contributed by atoms with Gasteiger partial charge >= 0.3 is 12.1 Å². The van der Waals surface area contributed by atoms with Gasteiger partial charge in [-0.05, 0) is 36.1 Å². The molecule has 0 aromatic heterocycles. The second-order valence-electron chi connectivity index (χ2n) is 7.53.